The van der Waals surface area contributed by atoms with Crippen LogP contribution >= 0.6 is 0 Å². The summed E-state index contributed by atoms with van der Waals surface area (Å²) in [5.74, 6) is -0.260. The van der Waals surface area contributed by atoms with Gasteiger partial charge in [0.1, 0.15) is 48.8 Å². The van der Waals surface area contributed by atoms with Gasteiger partial charge in [-0.25, -0.2) is 0 Å². The third kappa shape index (κ3) is 24.3. The molecule has 2 fully saturated rings. The maximum absolute atomic E-state index is 13.0. The van der Waals surface area contributed by atoms with Crippen molar-refractivity contribution < 1.29 is 64.6 Å². The van der Waals surface area contributed by atoms with Crippen LogP contribution in [0.4, 0.5) is 0 Å². The molecule has 0 aromatic heterocycles. The van der Waals surface area contributed by atoms with E-state index in [1.54, 1.807) is 6.08 Å². The lowest BCUT2D eigenvalue weighted by atomic mass is 9.97. The van der Waals surface area contributed by atoms with Crippen LogP contribution < -0.4 is 5.32 Å². The summed E-state index contributed by atoms with van der Waals surface area (Å²) in [4.78, 5) is 13.0. The Bertz CT molecular complexity index is 1220. The molecule has 0 bridgehead atoms. The molecule has 0 spiro atoms. The standard InChI is InChI=1S/C50H91NO13/c1-3-5-7-9-11-13-14-15-16-17-18-19-20-21-22-23-24-25-26-27-29-31-33-39(54)38(51-42(55)34-32-30-28-12-10-8-6-4-2)37-61-49-47(60)45(58)48(41(36-53)63-49)64-50-46(59)44(57)43(56)40(35-52)62-50/h21-22,25-26,31,33,38-41,43-50,52-54,56-60H,3-20,23-24,27-30,32,34-37H2,1-2H3,(H,51,55)/b22-21+,26-25+,33-31+. The number of allylic oxidation sites excluding steroid dienone is 5. The van der Waals surface area contributed by atoms with E-state index in [1.165, 1.54) is 103 Å². The van der Waals surface area contributed by atoms with Gasteiger partial charge in [0.2, 0.25) is 5.91 Å². The molecule has 374 valence electrons. The fourth-order valence-corrected chi connectivity index (χ4v) is 8.14. The highest BCUT2D eigenvalue weighted by atomic mass is 16.7. The molecule has 2 aliphatic heterocycles. The van der Waals surface area contributed by atoms with Crippen LogP contribution in [0.3, 0.4) is 0 Å². The second kappa shape index (κ2) is 37.2. The van der Waals surface area contributed by atoms with Gasteiger partial charge in [0.05, 0.1) is 32.0 Å². The number of aliphatic hydroxyl groups is 8. The number of carbonyl (C=O) groups is 1. The van der Waals surface area contributed by atoms with Crippen molar-refractivity contribution in [2.45, 2.75) is 254 Å². The van der Waals surface area contributed by atoms with Crippen molar-refractivity contribution in [1.29, 1.82) is 0 Å². The number of hydrogen-bond donors (Lipinski definition) is 9. The topological polar surface area (TPSA) is 228 Å². The van der Waals surface area contributed by atoms with Gasteiger partial charge in [-0.3, -0.25) is 4.79 Å². The molecule has 0 aromatic carbocycles. The zero-order chi connectivity index (χ0) is 46.8. The van der Waals surface area contributed by atoms with E-state index in [0.717, 1.165) is 44.9 Å². The van der Waals surface area contributed by atoms with Gasteiger partial charge in [-0.05, 0) is 44.9 Å². The van der Waals surface area contributed by atoms with Crippen LogP contribution in [0.1, 0.15) is 181 Å². The Balaban J connectivity index is 1.82. The van der Waals surface area contributed by atoms with Crippen LogP contribution in [0.5, 0.6) is 0 Å². The molecule has 0 saturated carbocycles. The predicted octanol–water partition coefficient (Wildman–Crippen LogP) is 6.32. The molecular formula is C50H91NO13. The van der Waals surface area contributed by atoms with Gasteiger partial charge in [0.25, 0.3) is 0 Å². The van der Waals surface area contributed by atoms with Crippen molar-refractivity contribution >= 4 is 5.91 Å². The molecule has 12 atom stereocenters. The smallest absolute Gasteiger partial charge is 0.220 e. The Morgan fingerprint density at radius 2 is 1.00 bits per heavy atom. The van der Waals surface area contributed by atoms with Crippen molar-refractivity contribution in [3.8, 4) is 0 Å². The number of amides is 1. The molecule has 2 aliphatic rings. The normalized spacial score (nSPS) is 27.5. The third-order valence-electron chi connectivity index (χ3n) is 12.3. The minimum atomic E-state index is -1.79. The number of unbranched alkanes of at least 4 members (excludes halogenated alkanes) is 21. The van der Waals surface area contributed by atoms with Crippen molar-refractivity contribution in [1.82, 2.24) is 5.32 Å². The van der Waals surface area contributed by atoms with E-state index >= 15 is 0 Å². The molecule has 9 N–H and O–H groups in total. The fourth-order valence-electron chi connectivity index (χ4n) is 8.14. The molecule has 64 heavy (non-hydrogen) atoms. The molecule has 2 heterocycles. The number of hydrogen-bond acceptors (Lipinski definition) is 13. The van der Waals surface area contributed by atoms with Gasteiger partial charge in [0.15, 0.2) is 12.6 Å². The minimum Gasteiger partial charge on any atom is -0.394 e. The average molecular weight is 914 g/mol. The summed E-state index contributed by atoms with van der Waals surface area (Å²) in [6, 6.07) is -0.932. The lowest BCUT2D eigenvalue weighted by Crippen LogP contribution is -2.65. The number of carbonyl (C=O) groups excluding carboxylic acids is 1. The Morgan fingerprint density at radius 3 is 1.53 bits per heavy atom. The van der Waals surface area contributed by atoms with Gasteiger partial charge in [-0.1, -0.05) is 166 Å². The van der Waals surface area contributed by atoms with Crippen LogP contribution in [0.15, 0.2) is 36.5 Å². The molecular weight excluding hydrogens is 823 g/mol. The van der Waals surface area contributed by atoms with E-state index in [1.807, 2.05) is 6.08 Å². The quantitative estimate of drug-likeness (QED) is 0.0244. The third-order valence-corrected chi connectivity index (χ3v) is 12.3. The van der Waals surface area contributed by atoms with E-state index < -0.39 is 86.8 Å². The Hall–Kier alpha value is -1.79. The van der Waals surface area contributed by atoms with Crippen LogP contribution in [-0.4, -0.2) is 140 Å². The summed E-state index contributed by atoms with van der Waals surface area (Å²) in [6.07, 6.45) is 25.0. The molecule has 0 radical (unpaired) electrons. The molecule has 14 heteroatoms. The largest absolute Gasteiger partial charge is 0.394 e. The van der Waals surface area contributed by atoms with Gasteiger partial charge >= 0.3 is 0 Å². The average Bonchev–Trinajstić information content (AvgIpc) is 3.29. The first-order chi connectivity index (χ1) is 31.1. The predicted molar refractivity (Wildman–Crippen MR) is 249 cm³/mol. The second-order valence-electron chi connectivity index (χ2n) is 17.9. The molecule has 0 aromatic rings. The van der Waals surface area contributed by atoms with Gasteiger partial charge in [0, 0.05) is 6.42 Å². The molecule has 1 amide bonds. The minimum absolute atomic E-state index is 0.260. The van der Waals surface area contributed by atoms with Gasteiger partial charge in [-0.2, -0.15) is 0 Å². The zero-order valence-corrected chi connectivity index (χ0v) is 39.5. The van der Waals surface area contributed by atoms with E-state index in [9.17, 15) is 45.6 Å². The van der Waals surface area contributed by atoms with Crippen molar-refractivity contribution in [3.05, 3.63) is 36.5 Å². The van der Waals surface area contributed by atoms with Crippen molar-refractivity contribution in [2.75, 3.05) is 19.8 Å². The monoisotopic (exact) mass is 914 g/mol. The lowest BCUT2D eigenvalue weighted by molar-refractivity contribution is -0.359. The van der Waals surface area contributed by atoms with E-state index in [-0.39, 0.29) is 18.9 Å². The number of ether oxygens (including phenoxy) is 4. The van der Waals surface area contributed by atoms with Gasteiger partial charge < -0.3 is 65.1 Å². The maximum Gasteiger partial charge on any atom is 0.220 e. The van der Waals surface area contributed by atoms with Gasteiger partial charge in [-0.15, -0.1) is 0 Å². The van der Waals surface area contributed by atoms with E-state index in [0.29, 0.717) is 12.8 Å². The lowest BCUT2D eigenvalue weighted by Gasteiger charge is -2.46. The molecule has 14 nitrogen and oxygen atoms in total. The van der Waals surface area contributed by atoms with E-state index in [2.05, 4.69) is 43.5 Å². The van der Waals surface area contributed by atoms with Crippen LogP contribution in [-0.2, 0) is 23.7 Å². The van der Waals surface area contributed by atoms with Crippen LogP contribution in [0.25, 0.3) is 0 Å². The van der Waals surface area contributed by atoms with Crippen molar-refractivity contribution in [3.63, 3.8) is 0 Å². The maximum atomic E-state index is 13.0. The summed E-state index contributed by atoms with van der Waals surface area (Å²) >= 11 is 0. The van der Waals surface area contributed by atoms with Crippen LogP contribution in [0, 0.1) is 0 Å². The number of aliphatic hydroxyl groups excluding tert-OH is 8. The van der Waals surface area contributed by atoms with E-state index in [4.69, 9.17) is 18.9 Å². The summed E-state index contributed by atoms with van der Waals surface area (Å²) in [6.45, 7) is 2.71. The number of rotatable bonds is 38. The Morgan fingerprint density at radius 1 is 0.547 bits per heavy atom. The highest BCUT2D eigenvalue weighted by Gasteiger charge is 2.51. The first-order valence-corrected chi connectivity index (χ1v) is 25.2. The summed E-state index contributed by atoms with van der Waals surface area (Å²) in [5.41, 5.74) is 0. The first-order valence-electron chi connectivity index (χ1n) is 25.2. The highest BCUT2D eigenvalue weighted by molar-refractivity contribution is 5.76. The van der Waals surface area contributed by atoms with Crippen LogP contribution in [0.2, 0.25) is 0 Å². The molecule has 12 unspecified atom stereocenters. The Labute approximate surface area is 385 Å². The summed E-state index contributed by atoms with van der Waals surface area (Å²) in [5, 5.41) is 86.5. The first kappa shape index (κ1) is 58.3. The summed E-state index contributed by atoms with van der Waals surface area (Å²) in [7, 11) is 0. The molecule has 2 rings (SSSR count). The highest BCUT2D eigenvalue weighted by Crippen LogP contribution is 2.30. The zero-order valence-electron chi connectivity index (χ0n) is 39.5. The summed E-state index contributed by atoms with van der Waals surface area (Å²) < 4.78 is 22.6. The second-order valence-corrected chi connectivity index (χ2v) is 17.9. The Kier molecular flexibility index (Phi) is 33.9. The van der Waals surface area contributed by atoms with Crippen molar-refractivity contribution in [2.24, 2.45) is 0 Å². The molecule has 2 saturated heterocycles. The fraction of sp³-hybridized carbons (Fsp3) is 0.860. The number of nitrogens with one attached hydrogen (secondary N) is 1. The SMILES string of the molecule is CCCCCCCCCCCCCC/C=C/CC/C=C/CC/C=C/C(O)C(COC1OC(CO)C(OC2OC(CO)C(O)C(O)C2O)C(O)C1O)NC(=O)CCCCCCCCCC. The molecule has 0 aliphatic carbocycles.